The molecule has 0 aromatic carbocycles. The molecule has 0 fully saturated rings. The van der Waals surface area contributed by atoms with E-state index in [1.54, 1.807) is 0 Å². The molecule has 0 bridgehead atoms. The van der Waals surface area contributed by atoms with E-state index in [0.717, 1.165) is 38.9 Å². The molecule has 0 rings (SSSR count). The standard InChI is InChI=1S/C32H67N5O.2ClH/c1-4-7-10-13-14-15-16-17-18-21-26-35-31(38)30(25-24-27-36-32(33)34)37(28-22-19-11-8-5-2)29-23-20-12-9-6-3;;/h30H,4-29H2,1-3H3,(H,35,38)(H4,33,34,36);2*1H. The van der Waals surface area contributed by atoms with Crippen molar-refractivity contribution in [2.75, 3.05) is 26.2 Å². The number of guanidine groups is 1. The lowest BCUT2D eigenvalue weighted by molar-refractivity contribution is -0.126. The quantitative estimate of drug-likeness (QED) is 0.0387. The van der Waals surface area contributed by atoms with Gasteiger partial charge < -0.3 is 16.4 Å². The van der Waals surface area contributed by atoms with Crippen LogP contribution in [-0.2, 0) is 4.79 Å². The SMILES string of the molecule is CCCCCCCCCCCCNC(=O)C(CCCNC(=N)N)N(CCCCCCC)CCCCCCC.Cl.Cl. The van der Waals surface area contributed by atoms with E-state index in [1.807, 2.05) is 0 Å². The van der Waals surface area contributed by atoms with E-state index in [2.05, 4.69) is 36.3 Å². The van der Waals surface area contributed by atoms with Crippen LogP contribution in [0.5, 0.6) is 0 Å². The summed E-state index contributed by atoms with van der Waals surface area (Å²) >= 11 is 0. The molecule has 1 atom stereocenters. The van der Waals surface area contributed by atoms with Crippen molar-refractivity contribution in [2.45, 2.75) is 168 Å². The summed E-state index contributed by atoms with van der Waals surface area (Å²) in [6, 6.07) is -0.0794. The van der Waals surface area contributed by atoms with Crippen molar-refractivity contribution in [3.8, 4) is 0 Å². The normalized spacial score (nSPS) is 11.5. The first-order chi connectivity index (χ1) is 18.6. The predicted molar refractivity (Wildman–Crippen MR) is 181 cm³/mol. The lowest BCUT2D eigenvalue weighted by atomic mass is 10.0. The summed E-state index contributed by atoms with van der Waals surface area (Å²) in [5.74, 6) is 0.210. The zero-order valence-electron chi connectivity index (χ0n) is 26.7. The highest BCUT2D eigenvalue weighted by molar-refractivity contribution is 5.85. The number of nitrogens with zero attached hydrogens (tertiary/aromatic N) is 1. The summed E-state index contributed by atoms with van der Waals surface area (Å²) in [4.78, 5) is 15.9. The van der Waals surface area contributed by atoms with Crippen LogP contribution in [0.1, 0.15) is 162 Å². The summed E-state index contributed by atoms with van der Waals surface area (Å²) in [7, 11) is 0. The summed E-state index contributed by atoms with van der Waals surface area (Å²) in [6.45, 7) is 10.2. The fourth-order valence-corrected chi connectivity index (χ4v) is 5.20. The van der Waals surface area contributed by atoms with Crippen LogP contribution < -0.4 is 16.4 Å². The Balaban J connectivity index is -0.00000684. The summed E-state index contributed by atoms with van der Waals surface area (Å²) < 4.78 is 0. The van der Waals surface area contributed by atoms with E-state index in [-0.39, 0.29) is 42.7 Å². The van der Waals surface area contributed by atoms with Gasteiger partial charge in [-0.1, -0.05) is 130 Å². The first-order valence-corrected chi connectivity index (χ1v) is 16.7. The third kappa shape index (κ3) is 28.8. The van der Waals surface area contributed by atoms with Crippen LogP contribution in [0.2, 0.25) is 0 Å². The van der Waals surface area contributed by atoms with Crippen LogP contribution >= 0.6 is 24.8 Å². The average Bonchev–Trinajstić information content (AvgIpc) is 2.90. The molecule has 0 aromatic rings. The Kier molecular flexibility index (Phi) is 37.7. The third-order valence-corrected chi connectivity index (χ3v) is 7.64. The fourth-order valence-electron chi connectivity index (χ4n) is 5.20. The molecule has 242 valence electrons. The zero-order valence-corrected chi connectivity index (χ0v) is 28.3. The number of carbonyl (C=O) groups excluding carboxylic acids is 1. The number of hydrogen-bond acceptors (Lipinski definition) is 3. The Labute approximate surface area is 261 Å². The van der Waals surface area contributed by atoms with Gasteiger partial charge in [-0.2, -0.15) is 0 Å². The summed E-state index contributed by atoms with van der Waals surface area (Å²) in [5, 5.41) is 13.6. The monoisotopic (exact) mass is 609 g/mol. The third-order valence-electron chi connectivity index (χ3n) is 7.64. The molecule has 0 aliphatic heterocycles. The van der Waals surface area contributed by atoms with Gasteiger partial charge in [-0.3, -0.25) is 15.1 Å². The molecule has 0 radical (unpaired) electrons. The minimum atomic E-state index is -0.0794. The second-order valence-corrected chi connectivity index (χ2v) is 11.3. The van der Waals surface area contributed by atoms with E-state index >= 15 is 0 Å². The van der Waals surface area contributed by atoms with Crippen molar-refractivity contribution in [2.24, 2.45) is 5.73 Å². The Morgan fingerprint density at radius 1 is 0.600 bits per heavy atom. The van der Waals surface area contributed by atoms with Gasteiger partial charge in [0.05, 0.1) is 6.04 Å². The number of nitrogens with two attached hydrogens (primary N) is 1. The number of halogens is 2. The Hall–Kier alpha value is -0.720. The maximum Gasteiger partial charge on any atom is 0.237 e. The summed E-state index contributed by atoms with van der Waals surface area (Å²) in [6.07, 6.45) is 27.3. The number of hydrogen-bond donors (Lipinski definition) is 4. The molecule has 1 unspecified atom stereocenters. The van der Waals surface area contributed by atoms with Crippen molar-refractivity contribution in [3.05, 3.63) is 0 Å². The van der Waals surface area contributed by atoms with Crippen molar-refractivity contribution >= 4 is 36.7 Å². The van der Waals surface area contributed by atoms with Gasteiger partial charge in [-0.25, -0.2) is 0 Å². The number of nitrogens with one attached hydrogen (secondary N) is 3. The zero-order chi connectivity index (χ0) is 28.1. The van der Waals surface area contributed by atoms with Crippen LogP contribution in [0.3, 0.4) is 0 Å². The maximum absolute atomic E-state index is 13.4. The molecule has 0 aliphatic carbocycles. The first-order valence-electron chi connectivity index (χ1n) is 16.7. The van der Waals surface area contributed by atoms with Gasteiger partial charge in [-0.15, -0.1) is 24.8 Å². The molecule has 40 heavy (non-hydrogen) atoms. The van der Waals surface area contributed by atoms with Gasteiger partial charge in [-0.05, 0) is 45.2 Å². The molecule has 0 saturated carbocycles. The fraction of sp³-hybridized carbons (Fsp3) is 0.938. The molecule has 8 heteroatoms. The topological polar surface area (TPSA) is 94.2 Å². The highest BCUT2D eigenvalue weighted by Gasteiger charge is 2.24. The van der Waals surface area contributed by atoms with Gasteiger partial charge in [0.25, 0.3) is 0 Å². The van der Waals surface area contributed by atoms with Gasteiger partial charge in [0.1, 0.15) is 0 Å². The van der Waals surface area contributed by atoms with E-state index < -0.39 is 0 Å². The number of unbranched alkanes of at least 4 members (excludes halogenated alkanes) is 17. The minimum Gasteiger partial charge on any atom is -0.370 e. The largest absolute Gasteiger partial charge is 0.370 e. The van der Waals surface area contributed by atoms with Gasteiger partial charge in [0.2, 0.25) is 5.91 Å². The van der Waals surface area contributed by atoms with Crippen molar-refractivity contribution in [1.29, 1.82) is 5.41 Å². The van der Waals surface area contributed by atoms with E-state index in [1.165, 1.54) is 122 Å². The van der Waals surface area contributed by atoms with E-state index in [4.69, 9.17) is 11.1 Å². The van der Waals surface area contributed by atoms with Crippen LogP contribution in [0, 0.1) is 5.41 Å². The Morgan fingerprint density at radius 3 is 1.40 bits per heavy atom. The second-order valence-electron chi connectivity index (χ2n) is 11.3. The highest BCUT2D eigenvalue weighted by atomic mass is 35.5. The molecule has 1 amide bonds. The number of rotatable bonds is 29. The Bertz CT molecular complexity index is 525. The molecule has 0 aliphatic rings. The molecule has 0 aromatic heterocycles. The first kappa shape index (κ1) is 43.7. The second kappa shape index (κ2) is 34.5. The molecule has 0 spiro atoms. The van der Waals surface area contributed by atoms with Crippen LogP contribution in [0.4, 0.5) is 0 Å². The van der Waals surface area contributed by atoms with Crippen LogP contribution in [-0.4, -0.2) is 49.0 Å². The Morgan fingerprint density at radius 2 is 0.975 bits per heavy atom. The molecule has 0 saturated heterocycles. The van der Waals surface area contributed by atoms with Crippen LogP contribution in [0.15, 0.2) is 0 Å². The van der Waals surface area contributed by atoms with E-state index in [0.29, 0.717) is 6.54 Å². The van der Waals surface area contributed by atoms with Crippen molar-refractivity contribution < 1.29 is 4.79 Å². The van der Waals surface area contributed by atoms with Crippen molar-refractivity contribution in [3.63, 3.8) is 0 Å². The van der Waals surface area contributed by atoms with E-state index in [9.17, 15) is 4.79 Å². The average molecular weight is 611 g/mol. The number of amides is 1. The molecular weight excluding hydrogens is 541 g/mol. The van der Waals surface area contributed by atoms with Gasteiger partial charge in [0.15, 0.2) is 5.96 Å². The van der Waals surface area contributed by atoms with Crippen molar-refractivity contribution in [1.82, 2.24) is 15.5 Å². The minimum absolute atomic E-state index is 0. The molecular formula is C32H69Cl2N5O. The highest BCUT2D eigenvalue weighted by Crippen LogP contribution is 2.15. The predicted octanol–water partition coefficient (Wildman–Crippen LogP) is 8.74. The molecule has 5 N–H and O–H groups in total. The maximum atomic E-state index is 13.4. The summed E-state index contributed by atoms with van der Waals surface area (Å²) in [5.41, 5.74) is 5.47. The van der Waals surface area contributed by atoms with Gasteiger partial charge in [0, 0.05) is 13.1 Å². The lowest BCUT2D eigenvalue weighted by Crippen LogP contribution is -2.48. The van der Waals surface area contributed by atoms with Gasteiger partial charge >= 0.3 is 0 Å². The molecule has 0 heterocycles. The smallest absolute Gasteiger partial charge is 0.237 e. The van der Waals surface area contributed by atoms with Crippen LogP contribution in [0.25, 0.3) is 0 Å². The lowest BCUT2D eigenvalue weighted by Gasteiger charge is -2.31. The number of carbonyl (C=O) groups is 1. The molecule has 6 nitrogen and oxygen atoms in total.